The second-order valence-corrected chi connectivity index (χ2v) is 9.82. The molecule has 1 aliphatic rings. The van der Waals surface area contributed by atoms with Gasteiger partial charge in [-0.25, -0.2) is 8.42 Å². The van der Waals surface area contributed by atoms with Crippen LogP contribution in [0, 0.1) is 12.8 Å². The molecule has 0 fully saturated rings. The number of hydrogen-bond acceptors (Lipinski definition) is 3. The summed E-state index contributed by atoms with van der Waals surface area (Å²) in [6, 6.07) is 26.5. The van der Waals surface area contributed by atoms with E-state index in [0.717, 1.165) is 22.4 Å². The van der Waals surface area contributed by atoms with E-state index in [1.165, 1.54) is 0 Å². The molecule has 0 N–H and O–H groups in total. The monoisotopic (exact) mass is 437 g/mol. The quantitative estimate of drug-likeness (QED) is 0.490. The van der Waals surface area contributed by atoms with Gasteiger partial charge in [0, 0.05) is 24.0 Å². The van der Waals surface area contributed by atoms with Gasteiger partial charge in [-0.1, -0.05) is 66.7 Å². The number of rotatable bonds is 5. The van der Waals surface area contributed by atoms with Crippen LogP contribution in [0.2, 0.25) is 0 Å². The molecule has 0 bridgehead atoms. The van der Waals surface area contributed by atoms with E-state index in [1.807, 2.05) is 67.6 Å². The van der Waals surface area contributed by atoms with Crippen molar-refractivity contribution in [2.45, 2.75) is 11.8 Å². The number of para-hydroxylation sites is 1. The van der Waals surface area contributed by atoms with E-state index >= 15 is 0 Å². The van der Waals surface area contributed by atoms with E-state index in [9.17, 15) is 8.42 Å². The molecule has 0 spiro atoms. The van der Waals surface area contributed by atoms with E-state index in [-0.39, 0.29) is 5.92 Å². The molecular formula is C25H24ClNO2S. The average molecular weight is 438 g/mol. The zero-order valence-corrected chi connectivity index (χ0v) is 18.4. The van der Waals surface area contributed by atoms with Crippen LogP contribution in [0.3, 0.4) is 0 Å². The van der Waals surface area contributed by atoms with Gasteiger partial charge in [-0.2, -0.15) is 0 Å². The van der Waals surface area contributed by atoms with Crippen molar-refractivity contribution in [2.75, 3.05) is 23.9 Å². The smallest absolute Gasteiger partial charge is 0.204 e. The van der Waals surface area contributed by atoms with Crippen LogP contribution >= 0.6 is 11.6 Å². The fourth-order valence-corrected chi connectivity index (χ4v) is 6.07. The molecular weight excluding hydrogens is 414 g/mol. The number of alkyl halides is 1. The van der Waals surface area contributed by atoms with Crippen molar-refractivity contribution in [3.63, 3.8) is 0 Å². The Morgan fingerprint density at radius 2 is 1.50 bits per heavy atom. The van der Waals surface area contributed by atoms with Gasteiger partial charge in [0.05, 0.1) is 16.3 Å². The Hall–Kier alpha value is -2.56. The van der Waals surface area contributed by atoms with Crippen LogP contribution in [-0.4, -0.2) is 27.4 Å². The molecule has 1 aliphatic heterocycles. The molecule has 4 rings (SSSR count). The van der Waals surface area contributed by atoms with E-state index in [1.54, 1.807) is 24.3 Å². The second kappa shape index (κ2) is 8.66. The predicted octanol–water partition coefficient (Wildman–Crippen LogP) is 5.56. The highest BCUT2D eigenvalue weighted by atomic mass is 35.5. The molecule has 0 saturated carbocycles. The summed E-state index contributed by atoms with van der Waals surface area (Å²) in [5, 5.41) is 0. The molecule has 3 aromatic carbocycles. The van der Waals surface area contributed by atoms with E-state index in [0.29, 0.717) is 28.8 Å². The first-order chi connectivity index (χ1) is 14.5. The third kappa shape index (κ3) is 3.90. The van der Waals surface area contributed by atoms with Gasteiger partial charge in [0.1, 0.15) is 0 Å². The molecule has 3 nitrogen and oxygen atoms in total. The molecule has 3 aromatic rings. The van der Waals surface area contributed by atoms with Crippen molar-refractivity contribution >= 4 is 32.7 Å². The van der Waals surface area contributed by atoms with Gasteiger partial charge < -0.3 is 4.90 Å². The van der Waals surface area contributed by atoms with E-state index in [4.69, 9.17) is 11.6 Å². The minimum Gasteiger partial charge on any atom is -0.366 e. The van der Waals surface area contributed by atoms with Crippen molar-refractivity contribution in [1.29, 1.82) is 0 Å². The van der Waals surface area contributed by atoms with Gasteiger partial charge in [-0.05, 0) is 41.8 Å². The average Bonchev–Trinajstić information content (AvgIpc) is 2.79. The van der Waals surface area contributed by atoms with Crippen molar-refractivity contribution in [3.05, 3.63) is 101 Å². The van der Waals surface area contributed by atoms with Crippen LogP contribution in [0.5, 0.6) is 0 Å². The number of aryl methyl sites for hydroxylation is 1. The minimum atomic E-state index is -3.68. The van der Waals surface area contributed by atoms with E-state index in [2.05, 4.69) is 4.90 Å². The van der Waals surface area contributed by atoms with Crippen LogP contribution in [0.4, 0.5) is 5.69 Å². The molecule has 154 valence electrons. The van der Waals surface area contributed by atoms with Crippen molar-refractivity contribution < 1.29 is 8.42 Å². The first-order valence-electron chi connectivity index (χ1n) is 9.97. The summed E-state index contributed by atoms with van der Waals surface area (Å²) in [6.45, 7) is 3.04. The first kappa shape index (κ1) is 20.7. The summed E-state index contributed by atoms with van der Waals surface area (Å²) in [5.41, 5.74) is 3.91. The SMILES string of the molecule is Cc1ccccc1N1CC(S(=O)(=O)c2ccccc2)=C(c2ccccc2)C(CCl)C1. The fraction of sp³-hybridized carbons (Fsp3) is 0.200. The maximum atomic E-state index is 13.8. The van der Waals surface area contributed by atoms with Gasteiger partial charge >= 0.3 is 0 Å². The molecule has 1 unspecified atom stereocenters. The fourth-order valence-electron chi connectivity index (χ4n) is 4.12. The molecule has 30 heavy (non-hydrogen) atoms. The van der Waals surface area contributed by atoms with Crippen LogP contribution in [0.25, 0.3) is 5.57 Å². The number of halogens is 1. The molecule has 0 aliphatic carbocycles. The maximum absolute atomic E-state index is 13.8. The van der Waals surface area contributed by atoms with Crippen molar-refractivity contribution in [2.24, 2.45) is 5.92 Å². The number of hydrogen-bond donors (Lipinski definition) is 0. The zero-order chi connectivity index (χ0) is 21.1. The lowest BCUT2D eigenvalue weighted by Crippen LogP contribution is -2.40. The lowest BCUT2D eigenvalue weighted by atomic mass is 9.89. The zero-order valence-electron chi connectivity index (χ0n) is 16.8. The Morgan fingerprint density at radius 1 is 0.900 bits per heavy atom. The Balaban J connectivity index is 1.93. The third-order valence-corrected chi connectivity index (χ3v) is 7.85. The summed E-state index contributed by atoms with van der Waals surface area (Å²) in [6.07, 6.45) is 0. The van der Waals surface area contributed by atoms with Gasteiger partial charge in [0.15, 0.2) is 0 Å². The normalized spacial score (nSPS) is 17.3. The summed E-state index contributed by atoms with van der Waals surface area (Å²) >= 11 is 6.42. The lowest BCUT2D eigenvalue weighted by molar-refractivity contribution is 0.595. The van der Waals surface area contributed by atoms with Gasteiger partial charge in [-0.15, -0.1) is 11.6 Å². The molecule has 5 heteroatoms. The summed E-state index contributed by atoms with van der Waals surface area (Å²) in [5.74, 6) is 0.247. The highest BCUT2D eigenvalue weighted by Crippen LogP contribution is 2.39. The summed E-state index contributed by atoms with van der Waals surface area (Å²) in [7, 11) is -3.68. The van der Waals surface area contributed by atoms with Crippen molar-refractivity contribution in [3.8, 4) is 0 Å². The van der Waals surface area contributed by atoms with E-state index < -0.39 is 9.84 Å². The van der Waals surface area contributed by atoms with Gasteiger partial charge in [-0.3, -0.25) is 0 Å². The Morgan fingerprint density at radius 3 is 2.13 bits per heavy atom. The largest absolute Gasteiger partial charge is 0.366 e. The minimum absolute atomic E-state index is 0.101. The third-order valence-electron chi connectivity index (χ3n) is 5.59. The number of benzene rings is 3. The molecule has 0 saturated heterocycles. The van der Waals surface area contributed by atoms with Crippen molar-refractivity contribution in [1.82, 2.24) is 0 Å². The number of sulfone groups is 1. The number of anilines is 1. The Kier molecular flexibility index (Phi) is 5.98. The molecule has 1 atom stereocenters. The molecule has 0 radical (unpaired) electrons. The summed E-state index contributed by atoms with van der Waals surface area (Å²) in [4.78, 5) is 2.89. The lowest BCUT2D eigenvalue weighted by Gasteiger charge is -2.38. The highest BCUT2D eigenvalue weighted by Gasteiger charge is 2.35. The maximum Gasteiger partial charge on any atom is 0.204 e. The van der Waals surface area contributed by atoms with Gasteiger partial charge in [0.25, 0.3) is 0 Å². The van der Waals surface area contributed by atoms with Crippen LogP contribution in [0.1, 0.15) is 11.1 Å². The molecule has 0 amide bonds. The Bertz CT molecular complexity index is 1160. The predicted molar refractivity (Wildman–Crippen MR) is 125 cm³/mol. The summed E-state index contributed by atoms with van der Waals surface area (Å²) < 4.78 is 27.5. The highest BCUT2D eigenvalue weighted by molar-refractivity contribution is 7.95. The topological polar surface area (TPSA) is 37.4 Å². The standard InChI is InChI=1S/C25H24ClNO2S/c1-19-10-8-9-15-23(19)27-17-21(16-26)25(20-11-4-2-5-12-20)24(18-27)30(28,29)22-13-6-3-7-14-22/h2-15,21H,16-18H2,1H3. The van der Waals surface area contributed by atoms with Crippen LogP contribution in [0.15, 0.2) is 94.7 Å². The first-order valence-corrected chi connectivity index (χ1v) is 12.0. The molecule has 1 heterocycles. The molecule has 0 aromatic heterocycles. The number of nitrogens with zero attached hydrogens (tertiary/aromatic N) is 1. The second-order valence-electron chi connectivity index (χ2n) is 7.54. The van der Waals surface area contributed by atoms with Crippen LogP contribution < -0.4 is 4.90 Å². The Labute approximate surface area is 183 Å². The van der Waals surface area contributed by atoms with Gasteiger partial charge in [0.2, 0.25) is 9.84 Å². The van der Waals surface area contributed by atoms with Crippen LogP contribution in [-0.2, 0) is 9.84 Å².